The molecular weight excluding hydrogens is 342 g/mol. The normalized spacial score (nSPS) is 15.0. The molecule has 0 bridgehead atoms. The SMILES string of the molecule is Cc1c(C(=O)Nc2nc(C3CCNCC3)nn2C)cnn1-c1ccccc1. The van der Waals surface area contributed by atoms with Gasteiger partial charge in [-0.3, -0.25) is 10.1 Å². The van der Waals surface area contributed by atoms with Crippen molar-refractivity contribution in [2.45, 2.75) is 25.7 Å². The molecule has 0 saturated carbocycles. The summed E-state index contributed by atoms with van der Waals surface area (Å²) in [6.07, 6.45) is 3.61. The van der Waals surface area contributed by atoms with Crippen LogP contribution in [0.3, 0.4) is 0 Å². The Morgan fingerprint density at radius 1 is 1.22 bits per heavy atom. The van der Waals surface area contributed by atoms with Crippen molar-refractivity contribution in [3.8, 4) is 5.69 Å². The first-order chi connectivity index (χ1) is 13.1. The minimum Gasteiger partial charge on any atom is -0.317 e. The number of para-hydroxylation sites is 1. The Morgan fingerprint density at radius 2 is 1.96 bits per heavy atom. The number of anilines is 1. The first kappa shape index (κ1) is 17.4. The molecule has 8 heteroatoms. The van der Waals surface area contributed by atoms with Gasteiger partial charge in [-0.1, -0.05) is 18.2 Å². The Hall–Kier alpha value is -3.00. The lowest BCUT2D eigenvalue weighted by atomic mass is 9.98. The molecule has 2 aromatic heterocycles. The van der Waals surface area contributed by atoms with Crippen molar-refractivity contribution >= 4 is 11.9 Å². The molecule has 0 radical (unpaired) electrons. The van der Waals surface area contributed by atoms with Crippen LogP contribution in [0.2, 0.25) is 0 Å². The smallest absolute Gasteiger partial charge is 0.261 e. The fourth-order valence-corrected chi connectivity index (χ4v) is 3.40. The van der Waals surface area contributed by atoms with Gasteiger partial charge in [0, 0.05) is 13.0 Å². The van der Waals surface area contributed by atoms with Crippen LogP contribution in [-0.2, 0) is 7.05 Å². The van der Waals surface area contributed by atoms with Crippen LogP contribution in [-0.4, -0.2) is 43.5 Å². The highest BCUT2D eigenvalue weighted by Crippen LogP contribution is 2.23. The van der Waals surface area contributed by atoms with E-state index >= 15 is 0 Å². The highest BCUT2D eigenvalue weighted by molar-refractivity contribution is 6.04. The van der Waals surface area contributed by atoms with Gasteiger partial charge in [0.1, 0.15) is 0 Å². The van der Waals surface area contributed by atoms with Gasteiger partial charge in [0.05, 0.1) is 23.1 Å². The number of piperidine rings is 1. The summed E-state index contributed by atoms with van der Waals surface area (Å²) in [5.74, 6) is 1.36. The third-order valence-corrected chi connectivity index (χ3v) is 4.96. The van der Waals surface area contributed by atoms with Gasteiger partial charge in [-0.05, 0) is 45.0 Å². The summed E-state index contributed by atoms with van der Waals surface area (Å²) in [4.78, 5) is 17.3. The van der Waals surface area contributed by atoms with Crippen LogP contribution in [0, 0.1) is 6.92 Å². The molecular formula is C19H23N7O. The van der Waals surface area contributed by atoms with Crippen LogP contribution in [0.25, 0.3) is 5.69 Å². The maximum absolute atomic E-state index is 12.8. The largest absolute Gasteiger partial charge is 0.317 e. The van der Waals surface area contributed by atoms with E-state index in [1.807, 2.05) is 37.3 Å². The number of aromatic nitrogens is 5. The summed E-state index contributed by atoms with van der Waals surface area (Å²) in [6, 6.07) is 9.74. The zero-order chi connectivity index (χ0) is 18.8. The second-order valence-corrected chi connectivity index (χ2v) is 6.79. The first-order valence-corrected chi connectivity index (χ1v) is 9.16. The molecule has 0 spiro atoms. The lowest BCUT2D eigenvalue weighted by Crippen LogP contribution is -2.27. The van der Waals surface area contributed by atoms with Crippen LogP contribution in [0.1, 0.15) is 40.6 Å². The summed E-state index contributed by atoms with van der Waals surface area (Å²) in [6.45, 7) is 3.83. The van der Waals surface area contributed by atoms with Gasteiger partial charge in [0.2, 0.25) is 5.95 Å². The van der Waals surface area contributed by atoms with Gasteiger partial charge in [0.25, 0.3) is 5.91 Å². The number of nitrogens with zero attached hydrogens (tertiary/aromatic N) is 5. The number of hydrogen-bond acceptors (Lipinski definition) is 5. The summed E-state index contributed by atoms with van der Waals surface area (Å²) in [5.41, 5.74) is 2.21. The molecule has 0 unspecified atom stereocenters. The standard InChI is InChI=1S/C19H23N7O/c1-13-16(12-21-26(13)15-6-4-3-5-7-15)18(27)23-19-22-17(24-25(19)2)14-8-10-20-11-9-14/h3-7,12,14,20H,8-11H2,1-2H3,(H,22,23,24,27). The van der Waals surface area contributed by atoms with Crippen LogP contribution in [0.5, 0.6) is 0 Å². The lowest BCUT2D eigenvalue weighted by molar-refractivity contribution is 0.102. The van der Waals surface area contributed by atoms with E-state index in [0.29, 0.717) is 17.4 Å². The van der Waals surface area contributed by atoms with E-state index in [1.54, 1.807) is 22.6 Å². The number of carbonyl (C=O) groups excluding carboxylic acids is 1. The molecule has 0 aliphatic carbocycles. The summed E-state index contributed by atoms with van der Waals surface area (Å²) < 4.78 is 3.39. The average Bonchev–Trinajstić information content (AvgIpc) is 3.26. The van der Waals surface area contributed by atoms with Gasteiger partial charge < -0.3 is 5.32 Å². The second kappa shape index (κ2) is 7.32. The summed E-state index contributed by atoms with van der Waals surface area (Å²) >= 11 is 0. The lowest BCUT2D eigenvalue weighted by Gasteiger charge is -2.19. The van der Waals surface area contributed by atoms with E-state index in [2.05, 4.69) is 25.8 Å². The van der Waals surface area contributed by atoms with Crippen molar-refractivity contribution in [1.82, 2.24) is 29.9 Å². The average molecular weight is 365 g/mol. The zero-order valence-corrected chi connectivity index (χ0v) is 15.5. The molecule has 1 aliphatic heterocycles. The Balaban J connectivity index is 1.53. The number of nitrogens with one attached hydrogen (secondary N) is 2. The molecule has 1 fully saturated rings. The quantitative estimate of drug-likeness (QED) is 0.738. The Kier molecular flexibility index (Phi) is 4.72. The minimum absolute atomic E-state index is 0.234. The predicted molar refractivity (Wildman–Crippen MR) is 102 cm³/mol. The minimum atomic E-state index is -0.234. The van der Waals surface area contributed by atoms with Crippen molar-refractivity contribution in [1.29, 1.82) is 0 Å². The molecule has 1 aromatic carbocycles. The highest BCUT2D eigenvalue weighted by Gasteiger charge is 2.22. The molecule has 2 N–H and O–H groups in total. The van der Waals surface area contributed by atoms with Crippen molar-refractivity contribution < 1.29 is 4.79 Å². The van der Waals surface area contributed by atoms with Crippen molar-refractivity contribution in [3.63, 3.8) is 0 Å². The number of benzene rings is 1. The molecule has 1 amide bonds. The Labute approximate surface area is 157 Å². The maximum atomic E-state index is 12.8. The highest BCUT2D eigenvalue weighted by atomic mass is 16.1. The van der Waals surface area contributed by atoms with Gasteiger partial charge in [-0.15, -0.1) is 0 Å². The molecule has 1 saturated heterocycles. The van der Waals surface area contributed by atoms with Crippen LogP contribution >= 0.6 is 0 Å². The van der Waals surface area contributed by atoms with Gasteiger partial charge >= 0.3 is 0 Å². The molecule has 1 aliphatic rings. The zero-order valence-electron chi connectivity index (χ0n) is 15.5. The monoisotopic (exact) mass is 365 g/mol. The van der Waals surface area contributed by atoms with Crippen LogP contribution < -0.4 is 10.6 Å². The fourth-order valence-electron chi connectivity index (χ4n) is 3.40. The van der Waals surface area contributed by atoms with E-state index in [1.165, 1.54) is 0 Å². The van der Waals surface area contributed by atoms with E-state index in [-0.39, 0.29) is 5.91 Å². The number of carbonyl (C=O) groups is 1. The number of aryl methyl sites for hydroxylation is 1. The van der Waals surface area contributed by atoms with E-state index in [0.717, 1.165) is 43.1 Å². The number of hydrogen-bond donors (Lipinski definition) is 2. The molecule has 27 heavy (non-hydrogen) atoms. The maximum Gasteiger partial charge on any atom is 0.261 e. The molecule has 3 aromatic rings. The molecule has 140 valence electrons. The Morgan fingerprint density at radius 3 is 2.70 bits per heavy atom. The van der Waals surface area contributed by atoms with Crippen LogP contribution in [0.4, 0.5) is 5.95 Å². The van der Waals surface area contributed by atoms with Gasteiger partial charge in [0.15, 0.2) is 5.82 Å². The van der Waals surface area contributed by atoms with Crippen molar-refractivity contribution in [2.24, 2.45) is 7.05 Å². The third kappa shape index (κ3) is 3.48. The molecule has 0 atom stereocenters. The molecule has 4 rings (SSSR count). The van der Waals surface area contributed by atoms with E-state index < -0.39 is 0 Å². The molecule has 8 nitrogen and oxygen atoms in total. The number of rotatable bonds is 4. The summed E-state index contributed by atoms with van der Waals surface area (Å²) in [5, 5.41) is 15.1. The second-order valence-electron chi connectivity index (χ2n) is 6.79. The van der Waals surface area contributed by atoms with E-state index in [4.69, 9.17) is 0 Å². The van der Waals surface area contributed by atoms with Gasteiger partial charge in [-0.2, -0.15) is 15.2 Å². The predicted octanol–water partition coefficient (Wildman–Crippen LogP) is 2.03. The van der Waals surface area contributed by atoms with Gasteiger partial charge in [-0.25, -0.2) is 9.36 Å². The van der Waals surface area contributed by atoms with Crippen molar-refractivity contribution in [2.75, 3.05) is 18.4 Å². The Bertz CT molecular complexity index is 938. The van der Waals surface area contributed by atoms with E-state index in [9.17, 15) is 4.79 Å². The topological polar surface area (TPSA) is 89.7 Å². The third-order valence-electron chi connectivity index (χ3n) is 4.96. The van der Waals surface area contributed by atoms with Crippen LogP contribution in [0.15, 0.2) is 36.5 Å². The molecule has 3 heterocycles. The fraction of sp³-hybridized carbons (Fsp3) is 0.368. The van der Waals surface area contributed by atoms with Crippen molar-refractivity contribution in [3.05, 3.63) is 53.6 Å². The number of amides is 1. The summed E-state index contributed by atoms with van der Waals surface area (Å²) in [7, 11) is 1.80. The first-order valence-electron chi connectivity index (χ1n) is 9.16.